The molecule has 4 amide bonds. The van der Waals surface area contributed by atoms with Gasteiger partial charge >= 0.3 is 6.09 Å². The minimum atomic E-state index is -0.630. The van der Waals surface area contributed by atoms with E-state index in [-0.39, 0.29) is 11.6 Å². The lowest BCUT2D eigenvalue weighted by atomic mass is 10.0. The molecule has 0 fully saturated rings. The molecule has 1 unspecified atom stereocenters. The Morgan fingerprint density at radius 3 is 2.47 bits per heavy atom. The van der Waals surface area contributed by atoms with E-state index in [0.717, 1.165) is 10.4 Å². The zero-order valence-corrected chi connectivity index (χ0v) is 32.6. The summed E-state index contributed by atoms with van der Waals surface area (Å²) < 4.78 is 5.53. The molecule has 3 aromatic carbocycles. The van der Waals surface area contributed by atoms with E-state index in [1.54, 1.807) is 71.6 Å². The predicted molar refractivity (Wildman–Crippen MR) is 211 cm³/mol. The summed E-state index contributed by atoms with van der Waals surface area (Å²) in [6.45, 7) is 8.02. The van der Waals surface area contributed by atoms with Gasteiger partial charge in [0.1, 0.15) is 22.4 Å². The first-order valence-corrected chi connectivity index (χ1v) is 19.1. The lowest BCUT2D eigenvalue weighted by Crippen LogP contribution is -2.39. The standard InChI is InChI=1S/C39H37Cl2N5O5S2/c1-5-32(36(49)45-37-29(21-42)28-16-17-46(22-33(28)53-37)38(50)51-39(2,3)4)52-27-13-9-12-26(20-27)43-35(48)31(18-24-14-15-25(40)19-30(24)41)44-34(47)23-10-7-6-8-11-23/h6-15,18-20,32H,5,16-17,22H2,1-4H3,(H,43,48)(H,44,47)(H,45,49)/b31-18+. The summed E-state index contributed by atoms with van der Waals surface area (Å²) in [5, 5.41) is 19.1. The highest BCUT2D eigenvalue weighted by Gasteiger charge is 2.31. The summed E-state index contributed by atoms with van der Waals surface area (Å²) >= 11 is 15.1. The first kappa shape index (κ1) is 39.4. The van der Waals surface area contributed by atoms with E-state index in [4.69, 9.17) is 27.9 Å². The lowest BCUT2D eigenvalue weighted by molar-refractivity contribution is -0.116. The number of carbonyl (C=O) groups is 4. The van der Waals surface area contributed by atoms with E-state index in [2.05, 4.69) is 22.0 Å². The van der Waals surface area contributed by atoms with Gasteiger partial charge in [-0.25, -0.2) is 4.79 Å². The van der Waals surface area contributed by atoms with Crippen LogP contribution in [-0.4, -0.2) is 46.1 Å². The Morgan fingerprint density at radius 2 is 1.79 bits per heavy atom. The maximum Gasteiger partial charge on any atom is 0.410 e. The van der Waals surface area contributed by atoms with Gasteiger partial charge in [-0.05, 0) is 93.3 Å². The number of nitrogens with one attached hydrogen (secondary N) is 3. The van der Waals surface area contributed by atoms with Crippen molar-refractivity contribution in [2.75, 3.05) is 17.2 Å². The van der Waals surface area contributed by atoms with Crippen molar-refractivity contribution in [3.8, 4) is 6.07 Å². The third kappa shape index (κ3) is 10.4. The van der Waals surface area contributed by atoms with Crippen molar-refractivity contribution in [3.63, 3.8) is 0 Å². The number of thioether (sulfide) groups is 1. The number of anilines is 2. The van der Waals surface area contributed by atoms with Crippen LogP contribution < -0.4 is 16.0 Å². The number of nitriles is 1. The van der Waals surface area contributed by atoms with Gasteiger partial charge in [0.25, 0.3) is 11.8 Å². The number of carbonyl (C=O) groups excluding carboxylic acids is 4. The lowest BCUT2D eigenvalue weighted by Gasteiger charge is -2.29. The normalized spacial score (nSPS) is 13.3. The molecule has 0 bridgehead atoms. The molecule has 3 N–H and O–H groups in total. The summed E-state index contributed by atoms with van der Waals surface area (Å²) in [6.07, 6.45) is 2.01. The van der Waals surface area contributed by atoms with E-state index in [0.29, 0.717) is 68.3 Å². The van der Waals surface area contributed by atoms with Crippen LogP contribution in [0.3, 0.4) is 0 Å². The molecular formula is C39H37Cl2N5O5S2. The molecule has 0 saturated carbocycles. The fraction of sp³-hybridized carbons (Fsp3) is 0.256. The minimum Gasteiger partial charge on any atom is -0.444 e. The molecule has 1 aliphatic heterocycles. The highest BCUT2D eigenvalue weighted by atomic mass is 35.5. The van der Waals surface area contributed by atoms with Crippen LogP contribution in [0.5, 0.6) is 0 Å². The van der Waals surface area contributed by atoms with E-state index >= 15 is 0 Å². The summed E-state index contributed by atoms with van der Waals surface area (Å²) in [5.41, 5.74) is 1.84. The van der Waals surface area contributed by atoms with Gasteiger partial charge in [-0.2, -0.15) is 5.26 Å². The van der Waals surface area contributed by atoms with Gasteiger partial charge in [-0.15, -0.1) is 23.1 Å². The molecule has 53 heavy (non-hydrogen) atoms. The van der Waals surface area contributed by atoms with Gasteiger partial charge in [0.2, 0.25) is 5.91 Å². The Kier molecular flexibility index (Phi) is 12.9. The number of amides is 4. The number of fused-ring (bicyclic) bond motifs is 1. The van der Waals surface area contributed by atoms with Crippen LogP contribution in [-0.2, 0) is 27.3 Å². The van der Waals surface area contributed by atoms with E-state index in [9.17, 15) is 24.4 Å². The maximum absolute atomic E-state index is 13.6. The number of thiophene rings is 1. The van der Waals surface area contributed by atoms with Crippen molar-refractivity contribution in [3.05, 3.63) is 116 Å². The molecule has 10 nitrogen and oxygen atoms in total. The average Bonchev–Trinajstić information content (AvgIpc) is 3.47. The number of ether oxygens (including phenoxy) is 1. The number of hydrogen-bond acceptors (Lipinski definition) is 8. The largest absolute Gasteiger partial charge is 0.444 e. The number of benzene rings is 3. The first-order chi connectivity index (χ1) is 25.2. The van der Waals surface area contributed by atoms with Crippen LogP contribution in [0.15, 0.2) is 83.4 Å². The van der Waals surface area contributed by atoms with Gasteiger partial charge in [0.05, 0.1) is 17.4 Å². The van der Waals surface area contributed by atoms with Crippen molar-refractivity contribution in [1.29, 1.82) is 5.26 Å². The van der Waals surface area contributed by atoms with Crippen LogP contribution in [0.25, 0.3) is 6.08 Å². The molecule has 4 aromatic rings. The van der Waals surface area contributed by atoms with Crippen LogP contribution in [0.1, 0.15) is 66.0 Å². The molecule has 1 aromatic heterocycles. The molecule has 0 saturated heterocycles. The van der Waals surface area contributed by atoms with Gasteiger partial charge < -0.3 is 25.6 Å². The Labute approximate surface area is 326 Å². The Balaban J connectivity index is 1.29. The fourth-order valence-corrected chi connectivity index (χ4v) is 8.03. The summed E-state index contributed by atoms with van der Waals surface area (Å²) in [7, 11) is 0. The number of halogens is 2. The van der Waals surface area contributed by atoms with E-state index in [1.165, 1.54) is 29.2 Å². The number of rotatable bonds is 10. The van der Waals surface area contributed by atoms with Crippen molar-refractivity contribution in [2.45, 2.75) is 62.8 Å². The fourth-order valence-electron chi connectivity index (χ4n) is 5.33. The molecule has 0 radical (unpaired) electrons. The van der Waals surface area contributed by atoms with E-state index in [1.807, 2.05) is 33.8 Å². The third-order valence-corrected chi connectivity index (χ3v) is 10.9. The molecular weight excluding hydrogens is 753 g/mol. The average molecular weight is 791 g/mol. The monoisotopic (exact) mass is 789 g/mol. The molecule has 5 rings (SSSR count). The molecule has 14 heteroatoms. The Bertz CT molecular complexity index is 2110. The second kappa shape index (κ2) is 17.4. The van der Waals surface area contributed by atoms with Gasteiger partial charge in [-0.3, -0.25) is 14.4 Å². The first-order valence-electron chi connectivity index (χ1n) is 16.7. The Hall–Kier alpha value is -4.80. The smallest absolute Gasteiger partial charge is 0.410 e. The topological polar surface area (TPSA) is 141 Å². The molecule has 274 valence electrons. The van der Waals surface area contributed by atoms with E-state index < -0.39 is 28.8 Å². The zero-order valence-electron chi connectivity index (χ0n) is 29.4. The SMILES string of the molecule is CCC(Sc1cccc(NC(=O)/C(=C\c2ccc(Cl)cc2Cl)NC(=O)c2ccccc2)c1)C(=O)Nc1sc2c(c1C#N)CCN(C(=O)OC(C)(C)C)C2. The molecule has 1 aliphatic rings. The Morgan fingerprint density at radius 1 is 1.04 bits per heavy atom. The summed E-state index contributed by atoms with van der Waals surface area (Å²) in [6, 6.07) is 22.6. The highest BCUT2D eigenvalue weighted by molar-refractivity contribution is 8.00. The van der Waals surface area contributed by atoms with Gasteiger partial charge in [0, 0.05) is 37.6 Å². The summed E-state index contributed by atoms with van der Waals surface area (Å²) in [5.74, 6) is -1.35. The second-order valence-corrected chi connectivity index (χ2v) is 16.2. The minimum absolute atomic E-state index is 0.0481. The third-order valence-electron chi connectivity index (χ3n) is 7.88. The molecule has 0 spiro atoms. The molecule has 2 heterocycles. The highest BCUT2D eigenvalue weighted by Crippen LogP contribution is 2.38. The van der Waals surface area contributed by atoms with Gasteiger partial charge in [0.15, 0.2) is 0 Å². The van der Waals surface area contributed by atoms with Gasteiger partial charge in [-0.1, -0.05) is 60.5 Å². The maximum atomic E-state index is 13.6. The van der Waals surface area contributed by atoms with Crippen LogP contribution in [0, 0.1) is 11.3 Å². The van der Waals surface area contributed by atoms with Crippen LogP contribution >= 0.6 is 46.3 Å². The number of nitrogens with zero attached hydrogens (tertiary/aromatic N) is 2. The zero-order chi connectivity index (χ0) is 38.3. The van der Waals surface area contributed by atoms with Crippen LogP contribution in [0.2, 0.25) is 10.0 Å². The molecule has 1 atom stereocenters. The summed E-state index contributed by atoms with van der Waals surface area (Å²) in [4.78, 5) is 56.1. The second-order valence-electron chi connectivity index (χ2n) is 13.0. The van der Waals surface area contributed by atoms with Crippen molar-refractivity contribution < 1.29 is 23.9 Å². The predicted octanol–water partition coefficient (Wildman–Crippen LogP) is 9.14. The van der Waals surface area contributed by atoms with Crippen molar-refractivity contribution in [2.24, 2.45) is 0 Å². The van der Waals surface area contributed by atoms with Crippen LogP contribution in [0.4, 0.5) is 15.5 Å². The quantitative estimate of drug-likeness (QED) is 0.108. The van der Waals surface area contributed by atoms with Crippen molar-refractivity contribution in [1.82, 2.24) is 10.2 Å². The number of hydrogen-bond donors (Lipinski definition) is 3. The van der Waals surface area contributed by atoms with Crippen molar-refractivity contribution >= 4 is 86.9 Å². The molecule has 0 aliphatic carbocycles.